The number of carbonyl (C=O) groups is 1. The van der Waals surface area contributed by atoms with E-state index in [0.29, 0.717) is 17.0 Å². The van der Waals surface area contributed by atoms with Crippen molar-refractivity contribution in [2.24, 2.45) is 0 Å². The lowest BCUT2D eigenvalue weighted by Gasteiger charge is -2.39. The van der Waals surface area contributed by atoms with Crippen molar-refractivity contribution in [2.45, 2.75) is 45.2 Å². The number of nitrogens with zero attached hydrogens (tertiary/aromatic N) is 5. The van der Waals surface area contributed by atoms with Gasteiger partial charge in [-0.15, -0.1) is 16.4 Å². The van der Waals surface area contributed by atoms with Crippen LogP contribution in [-0.4, -0.2) is 49.5 Å². The third kappa shape index (κ3) is 2.84. The maximum atomic E-state index is 13.2. The van der Waals surface area contributed by atoms with Crippen molar-refractivity contribution >= 4 is 28.7 Å². The largest absolute Gasteiger partial charge is 0.373 e. The number of amides is 1. The summed E-state index contributed by atoms with van der Waals surface area (Å²) in [5.41, 5.74) is 1.28. The van der Waals surface area contributed by atoms with Gasteiger partial charge in [-0.1, -0.05) is 0 Å². The molecule has 4 rings (SSSR count). The van der Waals surface area contributed by atoms with Crippen molar-refractivity contribution in [1.29, 1.82) is 0 Å². The van der Waals surface area contributed by atoms with Gasteiger partial charge >= 0.3 is 0 Å². The molecule has 136 valence electrons. The van der Waals surface area contributed by atoms with E-state index in [2.05, 4.69) is 34.2 Å². The molecule has 2 atom stereocenters. The average molecular weight is 370 g/mol. The molecule has 1 N–H and O–H groups in total. The molecule has 7 nitrogen and oxygen atoms in total. The third-order valence-corrected chi connectivity index (χ3v) is 5.76. The summed E-state index contributed by atoms with van der Waals surface area (Å²) in [6.07, 6.45) is 5.01. The van der Waals surface area contributed by atoms with Crippen molar-refractivity contribution in [3.05, 3.63) is 29.3 Å². The molecule has 8 heteroatoms. The van der Waals surface area contributed by atoms with Crippen LogP contribution < -0.4 is 5.32 Å². The minimum absolute atomic E-state index is 0.0579. The van der Waals surface area contributed by atoms with Crippen LogP contribution in [0.2, 0.25) is 0 Å². The van der Waals surface area contributed by atoms with E-state index in [9.17, 15) is 4.79 Å². The SMILES string of the molecule is CNc1cc(C(=O)N2C(C)CCCC2C)cc2nc(-c3nccs3)nn12. The van der Waals surface area contributed by atoms with Crippen LogP contribution in [0.3, 0.4) is 0 Å². The van der Waals surface area contributed by atoms with Crippen LogP contribution in [0.4, 0.5) is 5.82 Å². The second kappa shape index (κ2) is 6.68. The number of fused-ring (bicyclic) bond motifs is 1. The molecule has 1 fully saturated rings. The highest BCUT2D eigenvalue weighted by Crippen LogP contribution is 2.27. The van der Waals surface area contributed by atoms with Crippen molar-refractivity contribution in [3.8, 4) is 10.8 Å². The maximum Gasteiger partial charge on any atom is 0.254 e. The lowest BCUT2D eigenvalue weighted by atomic mass is 9.96. The summed E-state index contributed by atoms with van der Waals surface area (Å²) in [6.45, 7) is 4.26. The summed E-state index contributed by atoms with van der Waals surface area (Å²) in [4.78, 5) is 24.1. The molecule has 4 heterocycles. The summed E-state index contributed by atoms with van der Waals surface area (Å²) in [5, 5.41) is 10.3. The second-order valence-electron chi connectivity index (χ2n) is 6.76. The van der Waals surface area contributed by atoms with Gasteiger partial charge in [0.1, 0.15) is 5.82 Å². The summed E-state index contributed by atoms with van der Waals surface area (Å²) in [6, 6.07) is 4.18. The Kier molecular flexibility index (Phi) is 4.36. The van der Waals surface area contributed by atoms with Crippen LogP contribution in [0.5, 0.6) is 0 Å². The van der Waals surface area contributed by atoms with Gasteiger partial charge in [0, 0.05) is 36.3 Å². The Bertz CT molecular complexity index is 925. The molecule has 1 aliphatic rings. The molecule has 0 aromatic carbocycles. The predicted molar refractivity (Wildman–Crippen MR) is 103 cm³/mol. The Morgan fingerprint density at radius 3 is 2.69 bits per heavy atom. The molecule has 26 heavy (non-hydrogen) atoms. The number of anilines is 1. The number of rotatable bonds is 3. The fourth-order valence-corrected chi connectivity index (χ4v) is 4.24. The molecule has 0 aliphatic carbocycles. The minimum Gasteiger partial charge on any atom is -0.373 e. The van der Waals surface area contributed by atoms with Gasteiger partial charge in [0.25, 0.3) is 5.91 Å². The van der Waals surface area contributed by atoms with Gasteiger partial charge in [-0.05, 0) is 45.2 Å². The quantitative estimate of drug-likeness (QED) is 0.766. The highest BCUT2D eigenvalue weighted by atomic mass is 32.1. The maximum absolute atomic E-state index is 13.2. The highest BCUT2D eigenvalue weighted by molar-refractivity contribution is 7.13. The summed E-state index contributed by atoms with van der Waals surface area (Å²) in [7, 11) is 1.82. The first-order valence-electron chi connectivity index (χ1n) is 8.89. The van der Waals surface area contributed by atoms with E-state index in [-0.39, 0.29) is 18.0 Å². The standard InChI is InChI=1S/C18H22N6OS/c1-11-5-4-6-12(2)23(11)18(25)13-9-14(19-3)24-15(10-13)21-16(22-24)17-20-7-8-26-17/h7-12,19H,4-6H2,1-3H3. The van der Waals surface area contributed by atoms with Crippen LogP contribution >= 0.6 is 11.3 Å². The summed E-state index contributed by atoms with van der Waals surface area (Å²) in [5.74, 6) is 1.36. The van der Waals surface area contributed by atoms with Gasteiger partial charge < -0.3 is 10.2 Å². The Morgan fingerprint density at radius 1 is 1.27 bits per heavy atom. The zero-order valence-electron chi connectivity index (χ0n) is 15.1. The number of hydrogen-bond acceptors (Lipinski definition) is 6. The molecule has 3 aromatic rings. The molecule has 1 saturated heterocycles. The fraction of sp³-hybridized carbons (Fsp3) is 0.444. The van der Waals surface area contributed by atoms with Gasteiger partial charge in [0.15, 0.2) is 10.7 Å². The molecule has 0 saturated carbocycles. The summed E-state index contributed by atoms with van der Waals surface area (Å²) >= 11 is 1.49. The van der Waals surface area contributed by atoms with Crippen LogP contribution in [0, 0.1) is 0 Å². The Hall–Kier alpha value is -2.48. The highest BCUT2D eigenvalue weighted by Gasteiger charge is 2.30. The van der Waals surface area contributed by atoms with E-state index in [4.69, 9.17) is 0 Å². The zero-order chi connectivity index (χ0) is 18.3. The molecule has 3 aromatic heterocycles. The van der Waals surface area contributed by atoms with E-state index in [1.807, 2.05) is 29.5 Å². The molecule has 1 aliphatic heterocycles. The topological polar surface area (TPSA) is 75.4 Å². The smallest absolute Gasteiger partial charge is 0.254 e. The fourth-order valence-electron chi connectivity index (χ4n) is 3.68. The molecule has 0 spiro atoms. The number of piperidine rings is 1. The van der Waals surface area contributed by atoms with Gasteiger partial charge in [-0.25, -0.2) is 9.97 Å². The second-order valence-corrected chi connectivity index (χ2v) is 7.66. The molecule has 2 unspecified atom stereocenters. The summed E-state index contributed by atoms with van der Waals surface area (Å²) < 4.78 is 1.72. The number of thiazole rings is 1. The van der Waals surface area contributed by atoms with Gasteiger partial charge in [0.2, 0.25) is 5.82 Å². The van der Waals surface area contributed by atoms with Crippen molar-refractivity contribution < 1.29 is 4.79 Å². The van der Waals surface area contributed by atoms with E-state index >= 15 is 0 Å². The molecular weight excluding hydrogens is 348 g/mol. The van der Waals surface area contributed by atoms with Crippen LogP contribution in [-0.2, 0) is 0 Å². The number of hydrogen-bond donors (Lipinski definition) is 1. The first-order chi connectivity index (χ1) is 12.6. The lowest BCUT2D eigenvalue weighted by Crippen LogP contribution is -2.47. The van der Waals surface area contributed by atoms with Gasteiger partial charge in [-0.3, -0.25) is 4.79 Å². The number of likely N-dealkylation sites (tertiary alicyclic amines) is 1. The average Bonchev–Trinajstić information content (AvgIpc) is 3.29. The van der Waals surface area contributed by atoms with Crippen LogP contribution in [0.25, 0.3) is 16.5 Å². The predicted octanol–water partition coefficient (Wildman–Crippen LogP) is 3.30. The van der Waals surface area contributed by atoms with Crippen LogP contribution in [0.1, 0.15) is 43.5 Å². The van der Waals surface area contributed by atoms with E-state index in [0.717, 1.165) is 23.7 Å². The lowest BCUT2D eigenvalue weighted by molar-refractivity contribution is 0.0511. The van der Waals surface area contributed by atoms with E-state index < -0.39 is 0 Å². The number of nitrogens with one attached hydrogen (secondary N) is 1. The third-order valence-electron chi connectivity index (χ3n) is 4.99. The first kappa shape index (κ1) is 17.0. The van der Waals surface area contributed by atoms with E-state index in [1.165, 1.54) is 17.8 Å². The van der Waals surface area contributed by atoms with Crippen LogP contribution in [0.15, 0.2) is 23.7 Å². The number of carbonyl (C=O) groups excluding carboxylic acids is 1. The molecule has 1 amide bonds. The monoisotopic (exact) mass is 370 g/mol. The molecular formula is C18H22N6OS. The first-order valence-corrected chi connectivity index (χ1v) is 9.77. The van der Waals surface area contributed by atoms with Crippen molar-refractivity contribution in [3.63, 3.8) is 0 Å². The van der Waals surface area contributed by atoms with Gasteiger partial charge in [-0.2, -0.15) is 4.52 Å². The Labute approximate surface area is 156 Å². The van der Waals surface area contributed by atoms with Gasteiger partial charge in [0.05, 0.1) is 0 Å². The number of aromatic nitrogens is 4. The van der Waals surface area contributed by atoms with Crippen molar-refractivity contribution in [2.75, 3.05) is 12.4 Å². The normalized spacial score (nSPS) is 20.5. The Morgan fingerprint density at radius 2 is 2.04 bits per heavy atom. The minimum atomic E-state index is 0.0579. The Balaban J connectivity index is 1.77. The zero-order valence-corrected chi connectivity index (χ0v) is 16.0. The van der Waals surface area contributed by atoms with E-state index in [1.54, 1.807) is 10.7 Å². The number of pyridine rings is 1. The van der Waals surface area contributed by atoms with Crippen molar-refractivity contribution in [1.82, 2.24) is 24.5 Å². The molecule has 0 bridgehead atoms. The molecule has 0 radical (unpaired) electrons.